The summed E-state index contributed by atoms with van der Waals surface area (Å²) in [4.78, 5) is 11.8. The molecule has 2 rings (SSSR count). The summed E-state index contributed by atoms with van der Waals surface area (Å²) in [6.45, 7) is 0.712. The molecule has 0 aliphatic heterocycles. The van der Waals surface area contributed by atoms with Crippen LogP contribution in [-0.2, 0) is 17.0 Å². The van der Waals surface area contributed by atoms with E-state index in [0.29, 0.717) is 12.3 Å². The van der Waals surface area contributed by atoms with E-state index in [0.717, 1.165) is 28.8 Å². The van der Waals surface area contributed by atoms with Crippen LogP contribution in [0.2, 0.25) is 0 Å². The van der Waals surface area contributed by atoms with E-state index in [1.807, 2.05) is 24.3 Å². The summed E-state index contributed by atoms with van der Waals surface area (Å²) < 4.78 is 6.21. The lowest BCUT2D eigenvalue weighted by molar-refractivity contribution is -0.118. The number of methoxy groups -OCH3 is 1. The summed E-state index contributed by atoms with van der Waals surface area (Å²) in [6, 6.07) is 16.3. The van der Waals surface area contributed by atoms with Crippen molar-refractivity contribution in [2.75, 3.05) is 19.4 Å². The first-order chi connectivity index (χ1) is 11.7. The second-order valence-electron chi connectivity index (χ2n) is 5.42. The van der Waals surface area contributed by atoms with Gasteiger partial charge in [0.2, 0.25) is 5.91 Å². The highest BCUT2D eigenvalue weighted by atomic mass is 79.9. The standard InChI is InChI=1S/C19H22BrNO2S/c1-23-18-10-6-15(7-11-18)3-2-12-21-19(22)14-24-13-16-4-8-17(20)9-5-16/h4-11H,2-3,12-14H2,1H3,(H,21,22). The van der Waals surface area contributed by atoms with Crippen LogP contribution < -0.4 is 10.1 Å². The Labute approximate surface area is 156 Å². The largest absolute Gasteiger partial charge is 0.497 e. The van der Waals surface area contributed by atoms with Crippen LogP contribution >= 0.6 is 27.7 Å². The van der Waals surface area contributed by atoms with Crippen molar-refractivity contribution in [2.45, 2.75) is 18.6 Å². The second kappa shape index (κ2) is 10.4. The molecule has 2 aromatic rings. The molecule has 128 valence electrons. The van der Waals surface area contributed by atoms with Gasteiger partial charge in [0.25, 0.3) is 0 Å². The van der Waals surface area contributed by atoms with Crippen LogP contribution in [0.4, 0.5) is 0 Å². The van der Waals surface area contributed by atoms with Gasteiger partial charge >= 0.3 is 0 Å². The van der Waals surface area contributed by atoms with Crippen LogP contribution in [0.25, 0.3) is 0 Å². The quantitative estimate of drug-likeness (QED) is 0.624. The van der Waals surface area contributed by atoms with Gasteiger partial charge in [0.15, 0.2) is 0 Å². The summed E-state index contributed by atoms with van der Waals surface area (Å²) in [5, 5.41) is 2.98. The number of rotatable bonds is 9. The molecule has 0 bridgehead atoms. The first-order valence-electron chi connectivity index (χ1n) is 7.89. The summed E-state index contributed by atoms with van der Waals surface area (Å²) in [5.74, 6) is 2.33. The van der Waals surface area contributed by atoms with E-state index >= 15 is 0 Å². The van der Waals surface area contributed by atoms with Gasteiger partial charge in [-0.2, -0.15) is 0 Å². The van der Waals surface area contributed by atoms with E-state index in [4.69, 9.17) is 4.74 Å². The molecule has 0 fully saturated rings. The van der Waals surface area contributed by atoms with E-state index in [1.165, 1.54) is 11.1 Å². The van der Waals surface area contributed by atoms with Crippen molar-refractivity contribution in [2.24, 2.45) is 0 Å². The summed E-state index contributed by atoms with van der Waals surface area (Å²) in [6.07, 6.45) is 1.89. The number of halogens is 1. The fraction of sp³-hybridized carbons (Fsp3) is 0.316. The van der Waals surface area contributed by atoms with E-state index < -0.39 is 0 Å². The van der Waals surface area contributed by atoms with Gasteiger partial charge in [-0.3, -0.25) is 4.79 Å². The molecule has 0 radical (unpaired) electrons. The second-order valence-corrected chi connectivity index (χ2v) is 7.32. The minimum Gasteiger partial charge on any atom is -0.497 e. The topological polar surface area (TPSA) is 38.3 Å². The van der Waals surface area contributed by atoms with Crippen LogP contribution in [0.5, 0.6) is 5.75 Å². The maximum absolute atomic E-state index is 11.8. The maximum atomic E-state index is 11.8. The van der Waals surface area contributed by atoms with Gasteiger partial charge in [0.05, 0.1) is 12.9 Å². The Morgan fingerprint density at radius 1 is 1.08 bits per heavy atom. The number of amides is 1. The predicted molar refractivity (Wildman–Crippen MR) is 105 cm³/mol. The van der Waals surface area contributed by atoms with Crippen LogP contribution in [0.1, 0.15) is 17.5 Å². The van der Waals surface area contributed by atoms with Crippen molar-refractivity contribution in [1.29, 1.82) is 0 Å². The number of nitrogens with one attached hydrogen (secondary N) is 1. The number of carbonyl (C=O) groups is 1. The molecule has 1 N–H and O–H groups in total. The first kappa shape index (κ1) is 18.9. The number of benzene rings is 2. The van der Waals surface area contributed by atoms with Crippen LogP contribution in [0.3, 0.4) is 0 Å². The van der Waals surface area contributed by atoms with Crippen molar-refractivity contribution in [3.05, 3.63) is 64.1 Å². The Morgan fingerprint density at radius 3 is 2.42 bits per heavy atom. The van der Waals surface area contributed by atoms with Crippen molar-refractivity contribution >= 4 is 33.6 Å². The molecular formula is C19H22BrNO2S. The maximum Gasteiger partial charge on any atom is 0.230 e. The fourth-order valence-electron chi connectivity index (χ4n) is 2.21. The number of carbonyl (C=O) groups excluding carboxylic acids is 1. The molecule has 0 aliphatic carbocycles. The number of hydrogen-bond donors (Lipinski definition) is 1. The normalized spacial score (nSPS) is 10.4. The highest BCUT2D eigenvalue weighted by Crippen LogP contribution is 2.16. The Bertz CT molecular complexity index is 629. The molecule has 1 amide bonds. The molecule has 24 heavy (non-hydrogen) atoms. The SMILES string of the molecule is COc1ccc(CCCNC(=O)CSCc2ccc(Br)cc2)cc1. The van der Waals surface area contributed by atoms with Crippen LogP contribution in [0.15, 0.2) is 53.0 Å². The average Bonchev–Trinajstić information content (AvgIpc) is 2.61. The molecule has 0 saturated heterocycles. The lowest BCUT2D eigenvalue weighted by atomic mass is 10.1. The third kappa shape index (κ3) is 6.97. The van der Waals surface area contributed by atoms with Crippen molar-refractivity contribution in [3.8, 4) is 5.75 Å². The van der Waals surface area contributed by atoms with Gasteiger partial charge < -0.3 is 10.1 Å². The summed E-state index contributed by atoms with van der Waals surface area (Å²) in [5.41, 5.74) is 2.49. The van der Waals surface area contributed by atoms with Gasteiger partial charge in [-0.25, -0.2) is 0 Å². The predicted octanol–water partition coefficient (Wildman–Crippen LogP) is 4.44. The monoisotopic (exact) mass is 407 g/mol. The van der Waals surface area contributed by atoms with E-state index in [1.54, 1.807) is 18.9 Å². The van der Waals surface area contributed by atoms with E-state index in [-0.39, 0.29) is 5.91 Å². The highest BCUT2D eigenvalue weighted by Gasteiger charge is 2.02. The third-order valence-electron chi connectivity index (χ3n) is 3.54. The Morgan fingerprint density at radius 2 is 1.75 bits per heavy atom. The zero-order valence-corrected chi connectivity index (χ0v) is 16.2. The number of thioether (sulfide) groups is 1. The lowest BCUT2D eigenvalue weighted by Crippen LogP contribution is -2.26. The molecular weight excluding hydrogens is 386 g/mol. The van der Waals surface area contributed by atoms with Crippen molar-refractivity contribution in [3.63, 3.8) is 0 Å². The molecule has 5 heteroatoms. The van der Waals surface area contributed by atoms with Gasteiger partial charge in [-0.05, 0) is 48.2 Å². The number of ether oxygens (including phenoxy) is 1. The molecule has 2 aromatic carbocycles. The molecule has 0 aliphatic rings. The smallest absolute Gasteiger partial charge is 0.230 e. The van der Waals surface area contributed by atoms with E-state index in [9.17, 15) is 4.79 Å². The lowest BCUT2D eigenvalue weighted by Gasteiger charge is -2.06. The zero-order valence-electron chi connectivity index (χ0n) is 13.8. The van der Waals surface area contributed by atoms with E-state index in [2.05, 4.69) is 45.5 Å². The van der Waals surface area contributed by atoms with Crippen LogP contribution in [-0.4, -0.2) is 25.3 Å². The molecule has 0 spiro atoms. The number of aryl methyl sites for hydroxylation is 1. The van der Waals surface area contributed by atoms with Gasteiger partial charge in [-0.1, -0.05) is 40.2 Å². The van der Waals surface area contributed by atoms with Gasteiger partial charge in [0.1, 0.15) is 5.75 Å². The van der Waals surface area contributed by atoms with Crippen molar-refractivity contribution in [1.82, 2.24) is 5.32 Å². The Kier molecular flexibility index (Phi) is 8.19. The third-order valence-corrected chi connectivity index (χ3v) is 5.07. The minimum absolute atomic E-state index is 0.104. The van der Waals surface area contributed by atoms with Gasteiger partial charge in [0, 0.05) is 16.8 Å². The molecule has 0 aromatic heterocycles. The molecule has 3 nitrogen and oxygen atoms in total. The molecule has 0 heterocycles. The summed E-state index contributed by atoms with van der Waals surface area (Å²) >= 11 is 5.06. The zero-order chi connectivity index (χ0) is 17.2. The number of hydrogen-bond acceptors (Lipinski definition) is 3. The fourth-order valence-corrected chi connectivity index (χ4v) is 3.29. The van der Waals surface area contributed by atoms with Crippen LogP contribution in [0, 0.1) is 0 Å². The Balaban J connectivity index is 1.56. The molecule has 0 saturated carbocycles. The minimum atomic E-state index is 0.104. The van der Waals surface area contributed by atoms with Crippen molar-refractivity contribution < 1.29 is 9.53 Å². The summed E-state index contributed by atoms with van der Waals surface area (Å²) in [7, 11) is 1.67. The highest BCUT2D eigenvalue weighted by molar-refractivity contribution is 9.10. The molecule has 0 atom stereocenters. The first-order valence-corrected chi connectivity index (χ1v) is 9.84. The molecule has 0 unspecified atom stereocenters. The Hall–Kier alpha value is -1.46. The van der Waals surface area contributed by atoms with Gasteiger partial charge in [-0.15, -0.1) is 11.8 Å². The average molecular weight is 408 g/mol.